The van der Waals surface area contributed by atoms with E-state index in [2.05, 4.69) is 10.0 Å². The van der Waals surface area contributed by atoms with Crippen LogP contribution in [0.3, 0.4) is 0 Å². The highest BCUT2D eigenvalue weighted by Crippen LogP contribution is 2.41. The van der Waals surface area contributed by atoms with Crippen LogP contribution < -0.4 is 10.0 Å². The van der Waals surface area contributed by atoms with E-state index in [0.717, 1.165) is 49.3 Å². The van der Waals surface area contributed by atoms with Crippen LogP contribution >= 0.6 is 0 Å². The van der Waals surface area contributed by atoms with Gasteiger partial charge in [-0.15, -0.1) is 0 Å². The van der Waals surface area contributed by atoms with Crippen molar-refractivity contribution in [2.45, 2.75) is 70.3 Å². The molecule has 2 aromatic rings. The highest BCUT2D eigenvalue weighted by molar-refractivity contribution is 7.87. The molecular formula is C33H44FN4O7S. The Morgan fingerprint density at radius 2 is 1.67 bits per heavy atom. The number of halogens is 1. The molecule has 11 nitrogen and oxygen atoms in total. The number of hydrogen-bond acceptors (Lipinski definition) is 7. The standard InChI is InChI=1S/C33H44FN4O7S/c34-14-12-22-6-8-24(9-7-22)33(41)38-15-13-27(23-4-2-1-3-5-23)30(38)32(40)35-26-10-11-28-25(20-26)21-29(45-28)31(39)36-46(42,43)37-16-18-44-19-17-37/h10-12,20-24,27,30H,1-9,13-19H2,(H,35,40)(H,36,39)/t22?,24?,27-,30-/m0/s1. The smallest absolute Gasteiger partial charge is 0.304 e. The molecule has 1 radical (unpaired) electrons. The zero-order valence-corrected chi connectivity index (χ0v) is 26.9. The van der Waals surface area contributed by atoms with Gasteiger partial charge in [-0.3, -0.25) is 18.8 Å². The Kier molecular flexibility index (Phi) is 10.3. The minimum atomic E-state index is -4.05. The number of anilines is 1. The number of ether oxygens (including phenoxy) is 1. The summed E-state index contributed by atoms with van der Waals surface area (Å²) < 4.78 is 52.2. The van der Waals surface area contributed by atoms with Crippen molar-refractivity contribution in [3.8, 4) is 0 Å². The van der Waals surface area contributed by atoms with Crippen molar-refractivity contribution in [2.75, 3.05) is 44.8 Å². The molecule has 2 aliphatic carbocycles. The number of amides is 3. The second-order valence-corrected chi connectivity index (χ2v) is 14.8. The molecule has 4 fully saturated rings. The Bertz CT molecular complexity index is 1510. The first-order chi connectivity index (χ1) is 22.2. The normalized spacial score (nSPS) is 26.7. The van der Waals surface area contributed by atoms with Gasteiger partial charge < -0.3 is 19.4 Å². The molecular weight excluding hydrogens is 615 g/mol. The van der Waals surface area contributed by atoms with Gasteiger partial charge in [0.15, 0.2) is 5.76 Å². The Morgan fingerprint density at radius 3 is 2.39 bits per heavy atom. The number of morpholine rings is 1. The third-order valence-electron chi connectivity index (χ3n) is 10.3. The van der Waals surface area contributed by atoms with E-state index in [9.17, 15) is 27.2 Å². The summed E-state index contributed by atoms with van der Waals surface area (Å²) in [5.41, 5.74) is 0.862. The van der Waals surface area contributed by atoms with Gasteiger partial charge in [-0.2, -0.15) is 12.7 Å². The van der Waals surface area contributed by atoms with Gasteiger partial charge in [-0.25, -0.2) is 4.72 Å². The number of benzene rings is 1. The molecule has 0 unspecified atom stereocenters. The lowest BCUT2D eigenvalue weighted by molar-refractivity contribution is -0.142. The van der Waals surface area contributed by atoms with E-state index in [-0.39, 0.29) is 61.6 Å². The summed E-state index contributed by atoms with van der Waals surface area (Å²) in [6, 6.07) is 5.86. The van der Waals surface area contributed by atoms with E-state index in [0.29, 0.717) is 42.0 Å². The van der Waals surface area contributed by atoms with Gasteiger partial charge in [0.2, 0.25) is 11.8 Å². The molecule has 2 N–H and O–H groups in total. The van der Waals surface area contributed by atoms with E-state index in [1.165, 1.54) is 12.5 Å². The fourth-order valence-electron chi connectivity index (χ4n) is 7.89. The molecule has 4 aliphatic rings. The fraction of sp³-hybridized carbons (Fsp3) is 0.636. The third-order valence-corrected chi connectivity index (χ3v) is 11.8. The fourth-order valence-corrected chi connectivity index (χ4v) is 8.98. The van der Waals surface area contributed by atoms with Crippen LogP contribution in [0, 0.1) is 30.1 Å². The van der Waals surface area contributed by atoms with Gasteiger partial charge in [0.25, 0.3) is 0 Å². The first-order valence-corrected chi connectivity index (χ1v) is 18.1. The highest BCUT2D eigenvalue weighted by atomic mass is 32.2. The highest BCUT2D eigenvalue weighted by Gasteiger charge is 2.46. The van der Waals surface area contributed by atoms with Crippen molar-refractivity contribution >= 4 is 44.6 Å². The van der Waals surface area contributed by atoms with Gasteiger partial charge in [0.05, 0.1) is 19.9 Å². The van der Waals surface area contributed by atoms with E-state index < -0.39 is 28.8 Å². The summed E-state index contributed by atoms with van der Waals surface area (Å²) in [4.78, 5) is 42.5. The third kappa shape index (κ3) is 7.26. The Labute approximate surface area is 269 Å². The molecule has 6 rings (SSSR count). The number of carbonyl (C=O) groups is 3. The quantitative estimate of drug-likeness (QED) is 0.406. The monoisotopic (exact) mass is 659 g/mol. The molecule has 2 aliphatic heterocycles. The molecule has 1 aromatic heterocycles. The van der Waals surface area contributed by atoms with E-state index in [4.69, 9.17) is 9.15 Å². The minimum Gasteiger partial charge on any atom is -0.451 e. The summed E-state index contributed by atoms with van der Waals surface area (Å²) in [7, 11) is -4.05. The van der Waals surface area contributed by atoms with E-state index in [1.54, 1.807) is 24.6 Å². The molecule has 3 heterocycles. The first kappa shape index (κ1) is 32.9. The van der Waals surface area contributed by atoms with Crippen LogP contribution in [0.25, 0.3) is 11.0 Å². The summed E-state index contributed by atoms with van der Waals surface area (Å²) in [5.74, 6) is -0.711. The number of alkyl halides is 1. The number of nitrogens with one attached hydrogen (secondary N) is 2. The van der Waals surface area contributed by atoms with Crippen LogP contribution in [0.5, 0.6) is 0 Å². The molecule has 2 saturated carbocycles. The number of rotatable bonds is 9. The van der Waals surface area contributed by atoms with Crippen molar-refractivity contribution in [2.24, 2.45) is 23.7 Å². The zero-order chi connectivity index (χ0) is 32.3. The SMILES string of the molecule is O=C(NS(=O)(=O)N1CCOCC1)c1cc2cc(NC(=O)[C@@H]3[C@H](C4CCCCC4)CCN3C(=O)C3CCC([CH]CF)CC3)ccc2o1. The van der Waals surface area contributed by atoms with Gasteiger partial charge >= 0.3 is 16.1 Å². The first-order valence-electron chi connectivity index (χ1n) is 16.7. The predicted octanol–water partition coefficient (Wildman–Crippen LogP) is 4.46. The minimum absolute atomic E-state index is 0.0325. The summed E-state index contributed by atoms with van der Waals surface area (Å²) in [5, 5.41) is 3.57. The Hall–Kier alpha value is -3.03. The molecule has 0 bridgehead atoms. The van der Waals surface area contributed by atoms with Crippen LogP contribution in [0.2, 0.25) is 0 Å². The lowest BCUT2D eigenvalue weighted by Crippen LogP contribution is -2.49. The number of likely N-dealkylation sites (tertiary alicyclic amines) is 1. The predicted molar refractivity (Wildman–Crippen MR) is 170 cm³/mol. The lowest BCUT2D eigenvalue weighted by Gasteiger charge is -2.36. The van der Waals surface area contributed by atoms with Crippen molar-refractivity contribution in [1.82, 2.24) is 13.9 Å². The molecule has 1 aromatic carbocycles. The number of carbonyl (C=O) groups excluding carboxylic acids is 3. The van der Waals surface area contributed by atoms with Crippen LogP contribution in [0.4, 0.5) is 10.1 Å². The number of fused-ring (bicyclic) bond motifs is 1. The van der Waals surface area contributed by atoms with Gasteiger partial charge in [-0.05, 0) is 80.5 Å². The molecule has 2 atom stereocenters. The molecule has 2 saturated heterocycles. The van der Waals surface area contributed by atoms with E-state index >= 15 is 0 Å². The number of hydrogen-bond donors (Lipinski definition) is 2. The van der Waals surface area contributed by atoms with Crippen molar-refractivity contribution in [1.29, 1.82) is 0 Å². The lowest BCUT2D eigenvalue weighted by atomic mass is 9.76. The van der Waals surface area contributed by atoms with Crippen LogP contribution in [-0.4, -0.2) is 80.9 Å². The average Bonchev–Trinajstić information content (AvgIpc) is 3.71. The largest absolute Gasteiger partial charge is 0.451 e. The zero-order valence-electron chi connectivity index (χ0n) is 26.1. The van der Waals surface area contributed by atoms with Crippen molar-refractivity contribution < 1.29 is 36.3 Å². The number of nitrogens with zero attached hydrogens (tertiary/aromatic N) is 2. The topological polar surface area (TPSA) is 138 Å². The van der Waals surface area contributed by atoms with Gasteiger partial charge in [0.1, 0.15) is 11.6 Å². The number of furan rings is 1. The molecule has 46 heavy (non-hydrogen) atoms. The van der Waals surface area contributed by atoms with Crippen LogP contribution in [0.1, 0.15) is 74.8 Å². The van der Waals surface area contributed by atoms with E-state index in [1.807, 2.05) is 4.90 Å². The van der Waals surface area contributed by atoms with Crippen molar-refractivity contribution in [3.05, 3.63) is 36.4 Å². The summed E-state index contributed by atoms with van der Waals surface area (Å²) >= 11 is 0. The molecule has 13 heteroatoms. The Morgan fingerprint density at radius 1 is 0.935 bits per heavy atom. The molecule has 251 valence electrons. The van der Waals surface area contributed by atoms with Crippen molar-refractivity contribution in [3.63, 3.8) is 0 Å². The molecule has 3 amide bonds. The van der Waals surface area contributed by atoms with Crippen LogP contribution in [0.15, 0.2) is 28.7 Å². The summed E-state index contributed by atoms with van der Waals surface area (Å²) in [6.45, 7) is 0.918. The van der Waals surface area contributed by atoms with Gasteiger partial charge in [-0.1, -0.05) is 32.1 Å². The van der Waals surface area contributed by atoms with Crippen LogP contribution in [-0.2, 0) is 24.5 Å². The maximum Gasteiger partial charge on any atom is 0.304 e. The molecule has 0 spiro atoms. The van der Waals surface area contributed by atoms with Gasteiger partial charge in [0, 0.05) is 36.6 Å². The Balaban J connectivity index is 1.16. The summed E-state index contributed by atoms with van der Waals surface area (Å²) in [6.07, 6.45) is 11.1. The maximum atomic E-state index is 14.0. The second-order valence-electron chi connectivity index (χ2n) is 13.1. The maximum absolute atomic E-state index is 14.0. The average molecular weight is 660 g/mol. The second kappa shape index (κ2) is 14.4.